The molecule has 3 fully saturated rings. The van der Waals surface area contributed by atoms with Crippen molar-refractivity contribution < 1.29 is 4.79 Å². The zero-order chi connectivity index (χ0) is 17.1. The lowest BCUT2D eigenvalue weighted by Gasteiger charge is -2.19. The highest BCUT2D eigenvalue weighted by atomic mass is 16.2. The van der Waals surface area contributed by atoms with Crippen LogP contribution in [0, 0.1) is 5.92 Å². The third-order valence-corrected chi connectivity index (χ3v) is 5.82. The zero-order valence-electron chi connectivity index (χ0n) is 15.0. The number of carbonyl (C=O) groups is 1. The molecule has 1 N–H and O–H groups in total. The van der Waals surface area contributed by atoms with Gasteiger partial charge in [-0.25, -0.2) is 9.97 Å². The van der Waals surface area contributed by atoms with Gasteiger partial charge in [0.2, 0.25) is 11.9 Å². The molecular formula is C19H29N5O. The molecule has 25 heavy (non-hydrogen) atoms. The summed E-state index contributed by atoms with van der Waals surface area (Å²) in [6.45, 7) is 4.77. The first kappa shape index (κ1) is 16.8. The van der Waals surface area contributed by atoms with E-state index in [9.17, 15) is 4.79 Å². The lowest BCUT2D eigenvalue weighted by molar-refractivity contribution is -0.125. The van der Waals surface area contributed by atoms with Crippen molar-refractivity contribution >= 4 is 11.9 Å². The molecule has 1 saturated carbocycles. The first-order valence-corrected chi connectivity index (χ1v) is 9.87. The fourth-order valence-corrected chi connectivity index (χ4v) is 4.35. The Morgan fingerprint density at radius 3 is 2.72 bits per heavy atom. The third-order valence-electron chi connectivity index (χ3n) is 5.82. The number of anilines is 1. The Bertz CT molecular complexity index is 595. The van der Waals surface area contributed by atoms with Crippen LogP contribution >= 0.6 is 0 Å². The Kier molecular flexibility index (Phi) is 5.15. The van der Waals surface area contributed by atoms with Crippen LogP contribution in [0.4, 0.5) is 5.95 Å². The van der Waals surface area contributed by atoms with E-state index >= 15 is 0 Å². The lowest BCUT2D eigenvalue weighted by atomic mass is 10.1. The number of nitrogens with one attached hydrogen (secondary N) is 1. The molecule has 136 valence electrons. The number of amides is 1. The Balaban J connectivity index is 1.30. The van der Waals surface area contributed by atoms with Gasteiger partial charge in [0.15, 0.2) is 0 Å². The second kappa shape index (κ2) is 7.68. The minimum atomic E-state index is 0.139. The Morgan fingerprint density at radius 1 is 1.12 bits per heavy atom. The smallest absolute Gasteiger partial charge is 0.225 e. The van der Waals surface area contributed by atoms with Crippen molar-refractivity contribution in [2.45, 2.75) is 57.5 Å². The summed E-state index contributed by atoms with van der Waals surface area (Å²) in [5.74, 6) is 1.26. The maximum atomic E-state index is 12.5. The summed E-state index contributed by atoms with van der Waals surface area (Å²) >= 11 is 0. The molecular weight excluding hydrogens is 314 g/mol. The van der Waals surface area contributed by atoms with Crippen molar-refractivity contribution in [3.8, 4) is 0 Å². The second-order valence-corrected chi connectivity index (χ2v) is 7.75. The second-order valence-electron chi connectivity index (χ2n) is 7.75. The van der Waals surface area contributed by atoms with Crippen LogP contribution in [-0.4, -0.2) is 53.0 Å². The average molecular weight is 343 g/mol. The van der Waals surface area contributed by atoms with Gasteiger partial charge in [-0.2, -0.15) is 0 Å². The average Bonchev–Trinajstić information content (AvgIpc) is 3.38. The van der Waals surface area contributed by atoms with Crippen molar-refractivity contribution in [3.05, 3.63) is 18.0 Å². The molecule has 3 heterocycles. The van der Waals surface area contributed by atoms with E-state index in [1.165, 1.54) is 25.7 Å². The number of nitrogens with zero attached hydrogens (tertiary/aromatic N) is 4. The monoisotopic (exact) mass is 343 g/mol. The van der Waals surface area contributed by atoms with Gasteiger partial charge in [0.25, 0.3) is 0 Å². The van der Waals surface area contributed by atoms with Crippen molar-refractivity contribution in [3.63, 3.8) is 0 Å². The first-order valence-electron chi connectivity index (χ1n) is 9.87. The van der Waals surface area contributed by atoms with Gasteiger partial charge in [0, 0.05) is 38.4 Å². The molecule has 0 bridgehead atoms. The highest BCUT2D eigenvalue weighted by molar-refractivity contribution is 5.79. The Morgan fingerprint density at radius 2 is 1.92 bits per heavy atom. The number of likely N-dealkylation sites (tertiary alicyclic amines) is 1. The predicted molar refractivity (Wildman–Crippen MR) is 97.3 cm³/mol. The highest BCUT2D eigenvalue weighted by Gasteiger charge is 2.30. The van der Waals surface area contributed by atoms with Gasteiger partial charge in [0.1, 0.15) is 0 Å². The zero-order valence-corrected chi connectivity index (χ0v) is 15.0. The Labute approximate surface area is 150 Å². The van der Waals surface area contributed by atoms with Gasteiger partial charge >= 0.3 is 0 Å². The summed E-state index contributed by atoms with van der Waals surface area (Å²) in [5.41, 5.74) is 1.06. The number of hydrogen-bond donors (Lipinski definition) is 1. The largest absolute Gasteiger partial charge is 0.353 e. The van der Waals surface area contributed by atoms with Crippen LogP contribution in [0.1, 0.15) is 50.6 Å². The maximum absolute atomic E-state index is 12.5. The summed E-state index contributed by atoms with van der Waals surface area (Å²) in [6, 6.07) is 2.43. The predicted octanol–water partition coefficient (Wildman–Crippen LogP) is 1.96. The van der Waals surface area contributed by atoms with E-state index in [1.54, 1.807) is 0 Å². The van der Waals surface area contributed by atoms with Gasteiger partial charge in [-0.05, 0) is 44.7 Å². The topological polar surface area (TPSA) is 61.4 Å². The minimum Gasteiger partial charge on any atom is -0.353 e. The molecule has 2 aliphatic heterocycles. The molecule has 0 radical (unpaired) electrons. The van der Waals surface area contributed by atoms with Crippen LogP contribution in [0.25, 0.3) is 0 Å². The molecule has 3 aliphatic rings. The van der Waals surface area contributed by atoms with Crippen LogP contribution in [-0.2, 0) is 11.3 Å². The summed E-state index contributed by atoms with van der Waals surface area (Å²) < 4.78 is 0. The van der Waals surface area contributed by atoms with E-state index < -0.39 is 0 Å². The number of rotatable bonds is 5. The minimum absolute atomic E-state index is 0.139. The molecule has 1 amide bonds. The SMILES string of the molecule is O=C(NC1CCCC1)[C@H]1CCN(Cc2ccnc(N3CCCC3)n2)C1. The normalized spacial score (nSPS) is 25.0. The van der Waals surface area contributed by atoms with Crippen LogP contribution in [0.15, 0.2) is 12.3 Å². The molecule has 4 rings (SSSR count). The molecule has 1 aromatic rings. The molecule has 2 saturated heterocycles. The molecule has 1 atom stereocenters. The fraction of sp³-hybridized carbons (Fsp3) is 0.737. The standard InChI is InChI=1S/C19H29N5O/c25-18(21-16-5-1-2-6-16)15-8-12-23(13-15)14-17-7-9-20-19(22-17)24-10-3-4-11-24/h7,9,15-16H,1-6,8,10-14H2,(H,21,25)/t15-/m0/s1. The number of carbonyl (C=O) groups excluding carboxylic acids is 1. The van der Waals surface area contributed by atoms with Crippen LogP contribution in [0.2, 0.25) is 0 Å². The molecule has 0 aromatic carbocycles. The van der Waals surface area contributed by atoms with Crippen LogP contribution in [0.5, 0.6) is 0 Å². The maximum Gasteiger partial charge on any atom is 0.225 e. The summed E-state index contributed by atoms with van der Waals surface area (Å²) in [4.78, 5) is 26.3. The van der Waals surface area contributed by atoms with Gasteiger partial charge < -0.3 is 10.2 Å². The van der Waals surface area contributed by atoms with Crippen molar-refractivity contribution in [2.75, 3.05) is 31.1 Å². The number of aromatic nitrogens is 2. The Hall–Kier alpha value is -1.69. The van der Waals surface area contributed by atoms with Gasteiger partial charge in [-0.1, -0.05) is 12.8 Å². The van der Waals surface area contributed by atoms with Gasteiger partial charge in [0.05, 0.1) is 11.6 Å². The van der Waals surface area contributed by atoms with Gasteiger partial charge in [-0.3, -0.25) is 9.69 Å². The fourth-order valence-electron chi connectivity index (χ4n) is 4.35. The summed E-state index contributed by atoms with van der Waals surface area (Å²) in [6.07, 6.45) is 10.1. The molecule has 1 aromatic heterocycles. The molecule has 0 spiro atoms. The van der Waals surface area contributed by atoms with Crippen LogP contribution in [0.3, 0.4) is 0 Å². The van der Waals surface area contributed by atoms with Crippen molar-refractivity contribution in [1.29, 1.82) is 0 Å². The highest BCUT2D eigenvalue weighted by Crippen LogP contribution is 2.22. The number of hydrogen-bond acceptors (Lipinski definition) is 5. The first-order chi connectivity index (χ1) is 12.3. The van der Waals surface area contributed by atoms with Crippen LogP contribution < -0.4 is 10.2 Å². The van der Waals surface area contributed by atoms with Crippen molar-refractivity contribution in [1.82, 2.24) is 20.2 Å². The van der Waals surface area contributed by atoms with Crippen molar-refractivity contribution in [2.24, 2.45) is 5.92 Å². The van der Waals surface area contributed by atoms with E-state index in [2.05, 4.69) is 20.1 Å². The third kappa shape index (κ3) is 4.11. The van der Waals surface area contributed by atoms with Gasteiger partial charge in [-0.15, -0.1) is 0 Å². The quantitative estimate of drug-likeness (QED) is 0.885. The molecule has 0 unspecified atom stereocenters. The summed E-state index contributed by atoms with van der Waals surface area (Å²) in [7, 11) is 0. The van der Waals surface area contributed by atoms with E-state index in [0.717, 1.165) is 63.6 Å². The molecule has 1 aliphatic carbocycles. The van der Waals surface area contributed by atoms with E-state index in [-0.39, 0.29) is 11.8 Å². The van der Waals surface area contributed by atoms with E-state index in [4.69, 9.17) is 4.98 Å². The molecule has 6 heteroatoms. The molecule has 6 nitrogen and oxygen atoms in total. The summed E-state index contributed by atoms with van der Waals surface area (Å²) in [5, 5.41) is 3.25. The lowest BCUT2D eigenvalue weighted by Crippen LogP contribution is -2.38. The van der Waals surface area contributed by atoms with E-state index in [1.807, 2.05) is 12.3 Å². The van der Waals surface area contributed by atoms with E-state index in [0.29, 0.717) is 6.04 Å².